The molecule has 1 aliphatic heterocycles. The summed E-state index contributed by atoms with van der Waals surface area (Å²) in [5.74, 6) is -0.146. The van der Waals surface area contributed by atoms with E-state index in [2.05, 4.69) is 26.9 Å². The number of benzene rings is 1. The van der Waals surface area contributed by atoms with Crippen LogP contribution in [0.1, 0.15) is 12.0 Å². The van der Waals surface area contributed by atoms with Crippen LogP contribution in [0.5, 0.6) is 0 Å². The third-order valence-corrected chi connectivity index (χ3v) is 3.86. The Kier molecular flexibility index (Phi) is 3.19. The molecule has 1 unspecified atom stereocenters. The van der Waals surface area contributed by atoms with E-state index >= 15 is 0 Å². The maximum atomic E-state index is 11.5. The Balaban J connectivity index is 2.19. The number of aryl methyl sites for hydroxylation is 1. The van der Waals surface area contributed by atoms with Crippen molar-refractivity contribution in [3.8, 4) is 0 Å². The number of esters is 1. The molecule has 1 atom stereocenters. The van der Waals surface area contributed by atoms with E-state index in [0.717, 1.165) is 23.1 Å². The molecule has 1 aromatic rings. The molecule has 3 nitrogen and oxygen atoms in total. The second kappa shape index (κ2) is 4.45. The van der Waals surface area contributed by atoms with Gasteiger partial charge in [-0.25, -0.2) is 4.79 Å². The van der Waals surface area contributed by atoms with Crippen LogP contribution >= 0.6 is 15.9 Å². The third-order valence-electron chi connectivity index (χ3n) is 2.97. The highest BCUT2D eigenvalue weighted by molar-refractivity contribution is 9.10. The second-order valence-corrected chi connectivity index (χ2v) is 4.81. The van der Waals surface area contributed by atoms with Crippen LogP contribution in [0.25, 0.3) is 0 Å². The van der Waals surface area contributed by atoms with Gasteiger partial charge in [-0.2, -0.15) is 0 Å². The maximum Gasteiger partial charge on any atom is 0.328 e. The van der Waals surface area contributed by atoms with E-state index in [1.54, 1.807) is 0 Å². The molecule has 1 saturated heterocycles. The topological polar surface area (TPSA) is 29.5 Å². The van der Waals surface area contributed by atoms with Crippen molar-refractivity contribution < 1.29 is 9.53 Å². The van der Waals surface area contributed by atoms with Gasteiger partial charge in [-0.15, -0.1) is 0 Å². The first-order valence-corrected chi connectivity index (χ1v) is 6.03. The van der Waals surface area contributed by atoms with Crippen molar-refractivity contribution in [2.24, 2.45) is 0 Å². The van der Waals surface area contributed by atoms with Crippen molar-refractivity contribution in [1.82, 2.24) is 0 Å². The van der Waals surface area contributed by atoms with Crippen LogP contribution in [-0.2, 0) is 9.53 Å². The van der Waals surface area contributed by atoms with Gasteiger partial charge in [0.05, 0.1) is 7.11 Å². The minimum atomic E-state index is -0.146. The van der Waals surface area contributed by atoms with Gasteiger partial charge >= 0.3 is 5.97 Å². The molecule has 1 fully saturated rings. The molecule has 16 heavy (non-hydrogen) atoms. The standard InChI is InChI=1S/C12H14BrNO2/c1-8-7-9(3-4-10(8)13)14-6-5-11(14)12(15)16-2/h3-4,7,11H,5-6H2,1-2H3. The molecule has 1 aliphatic rings. The summed E-state index contributed by atoms with van der Waals surface area (Å²) in [5.41, 5.74) is 2.26. The van der Waals surface area contributed by atoms with Gasteiger partial charge in [0.2, 0.25) is 0 Å². The lowest BCUT2D eigenvalue weighted by Gasteiger charge is -2.40. The first-order chi connectivity index (χ1) is 7.63. The highest BCUT2D eigenvalue weighted by atomic mass is 79.9. The normalized spacial score (nSPS) is 19.2. The minimum Gasteiger partial charge on any atom is -0.467 e. The number of carbonyl (C=O) groups is 1. The predicted molar refractivity (Wildman–Crippen MR) is 66.6 cm³/mol. The Hall–Kier alpha value is -1.03. The summed E-state index contributed by atoms with van der Waals surface area (Å²) in [6, 6.07) is 6.01. The van der Waals surface area contributed by atoms with E-state index in [1.165, 1.54) is 12.7 Å². The smallest absolute Gasteiger partial charge is 0.328 e. The summed E-state index contributed by atoms with van der Waals surface area (Å²) in [7, 11) is 1.44. The van der Waals surface area contributed by atoms with Gasteiger partial charge in [-0.1, -0.05) is 15.9 Å². The SMILES string of the molecule is COC(=O)C1CCN1c1ccc(Br)c(C)c1. The summed E-state index contributed by atoms with van der Waals surface area (Å²) in [5, 5.41) is 0. The number of anilines is 1. The molecular weight excluding hydrogens is 270 g/mol. The summed E-state index contributed by atoms with van der Waals surface area (Å²) < 4.78 is 5.86. The average molecular weight is 284 g/mol. The number of hydrogen-bond donors (Lipinski definition) is 0. The fourth-order valence-electron chi connectivity index (χ4n) is 1.88. The molecule has 0 N–H and O–H groups in total. The highest BCUT2D eigenvalue weighted by Gasteiger charge is 2.35. The minimum absolute atomic E-state index is 0.106. The van der Waals surface area contributed by atoms with Crippen molar-refractivity contribution >= 4 is 27.6 Å². The molecule has 0 bridgehead atoms. The monoisotopic (exact) mass is 283 g/mol. The molecule has 1 heterocycles. The summed E-state index contributed by atoms with van der Waals surface area (Å²) >= 11 is 3.47. The number of nitrogens with zero attached hydrogens (tertiary/aromatic N) is 1. The molecule has 1 aromatic carbocycles. The fraction of sp³-hybridized carbons (Fsp3) is 0.417. The Morgan fingerprint density at radius 1 is 1.56 bits per heavy atom. The number of hydrogen-bond acceptors (Lipinski definition) is 3. The van der Waals surface area contributed by atoms with Crippen molar-refractivity contribution in [2.45, 2.75) is 19.4 Å². The van der Waals surface area contributed by atoms with Gasteiger partial charge in [0.1, 0.15) is 6.04 Å². The zero-order chi connectivity index (χ0) is 11.7. The van der Waals surface area contributed by atoms with Gasteiger partial charge in [0.15, 0.2) is 0 Å². The number of rotatable bonds is 2. The van der Waals surface area contributed by atoms with Crippen molar-refractivity contribution in [3.05, 3.63) is 28.2 Å². The van der Waals surface area contributed by atoms with Crippen molar-refractivity contribution in [1.29, 1.82) is 0 Å². The summed E-state index contributed by atoms with van der Waals surface area (Å²) in [4.78, 5) is 13.5. The number of halogens is 1. The van der Waals surface area contributed by atoms with Crippen LogP contribution in [0.3, 0.4) is 0 Å². The zero-order valence-electron chi connectivity index (χ0n) is 9.37. The van der Waals surface area contributed by atoms with E-state index < -0.39 is 0 Å². The Bertz CT molecular complexity index is 419. The number of ether oxygens (including phenoxy) is 1. The Labute approximate surface area is 104 Å². The maximum absolute atomic E-state index is 11.5. The van der Waals surface area contributed by atoms with Crippen LogP contribution < -0.4 is 4.90 Å². The van der Waals surface area contributed by atoms with Crippen LogP contribution in [0.2, 0.25) is 0 Å². The largest absolute Gasteiger partial charge is 0.467 e. The van der Waals surface area contributed by atoms with E-state index in [1.807, 2.05) is 19.1 Å². The number of methoxy groups -OCH3 is 1. The summed E-state index contributed by atoms with van der Waals surface area (Å²) in [6.45, 7) is 2.96. The molecule has 4 heteroatoms. The quantitative estimate of drug-likeness (QED) is 0.781. The van der Waals surface area contributed by atoms with E-state index in [-0.39, 0.29) is 12.0 Å². The van der Waals surface area contributed by atoms with E-state index in [0.29, 0.717) is 0 Å². The van der Waals surface area contributed by atoms with Crippen molar-refractivity contribution in [2.75, 3.05) is 18.6 Å². The first kappa shape index (κ1) is 11.5. The zero-order valence-corrected chi connectivity index (χ0v) is 11.0. The number of carbonyl (C=O) groups excluding carboxylic acids is 1. The summed E-state index contributed by atoms with van der Waals surface area (Å²) in [6.07, 6.45) is 0.877. The van der Waals surface area contributed by atoms with Crippen LogP contribution in [0.15, 0.2) is 22.7 Å². The molecule has 0 spiro atoms. The van der Waals surface area contributed by atoms with Gasteiger partial charge in [-0.05, 0) is 37.1 Å². The average Bonchev–Trinajstić information content (AvgIpc) is 2.21. The lowest BCUT2D eigenvalue weighted by Crippen LogP contribution is -2.53. The lowest BCUT2D eigenvalue weighted by atomic mass is 10.0. The molecule has 0 amide bonds. The molecule has 0 radical (unpaired) electrons. The molecular formula is C12H14BrNO2. The first-order valence-electron chi connectivity index (χ1n) is 5.24. The van der Waals surface area contributed by atoms with Crippen LogP contribution in [0.4, 0.5) is 5.69 Å². The molecule has 2 rings (SSSR count). The lowest BCUT2D eigenvalue weighted by molar-refractivity contribution is -0.143. The van der Waals surface area contributed by atoms with Gasteiger partial charge in [0, 0.05) is 16.7 Å². The molecule has 0 aromatic heterocycles. The molecule has 0 aliphatic carbocycles. The van der Waals surface area contributed by atoms with Crippen LogP contribution in [0, 0.1) is 6.92 Å². The highest BCUT2D eigenvalue weighted by Crippen LogP contribution is 2.30. The van der Waals surface area contributed by atoms with Gasteiger partial charge in [0.25, 0.3) is 0 Å². The van der Waals surface area contributed by atoms with Crippen molar-refractivity contribution in [3.63, 3.8) is 0 Å². The fourth-order valence-corrected chi connectivity index (χ4v) is 2.13. The predicted octanol–water partition coefficient (Wildman–Crippen LogP) is 2.51. The van der Waals surface area contributed by atoms with E-state index in [4.69, 9.17) is 4.74 Å². The Morgan fingerprint density at radius 3 is 2.81 bits per heavy atom. The molecule has 0 saturated carbocycles. The second-order valence-electron chi connectivity index (χ2n) is 3.95. The third kappa shape index (κ3) is 1.94. The molecule has 86 valence electrons. The van der Waals surface area contributed by atoms with Gasteiger partial charge in [-0.3, -0.25) is 0 Å². The van der Waals surface area contributed by atoms with Crippen LogP contribution in [-0.4, -0.2) is 25.7 Å². The van der Waals surface area contributed by atoms with Gasteiger partial charge < -0.3 is 9.64 Å². The van der Waals surface area contributed by atoms with E-state index in [9.17, 15) is 4.79 Å². The Morgan fingerprint density at radius 2 is 2.31 bits per heavy atom.